The molecule has 4 aromatic rings. The molecule has 0 aliphatic rings. The van der Waals surface area contributed by atoms with Crippen molar-refractivity contribution in [1.82, 2.24) is 14.7 Å². The third-order valence-electron chi connectivity index (χ3n) is 6.56. The zero-order chi connectivity index (χ0) is 31.8. The number of ether oxygens (including phenoxy) is 2. The van der Waals surface area contributed by atoms with Crippen LogP contribution in [0.25, 0.3) is 11.7 Å². The fourth-order valence-corrected chi connectivity index (χ4v) is 5.09. The average Bonchev–Trinajstić information content (AvgIpc) is 3.31. The van der Waals surface area contributed by atoms with E-state index in [9.17, 15) is 14.4 Å². The van der Waals surface area contributed by atoms with Crippen molar-refractivity contribution in [2.24, 2.45) is 0 Å². The smallest absolute Gasteiger partial charge is 0.246 e. The lowest BCUT2D eigenvalue weighted by Gasteiger charge is -2.21. The molecule has 0 aliphatic carbocycles. The van der Waals surface area contributed by atoms with Crippen LogP contribution in [0.15, 0.2) is 65.4 Å². The number of benzene rings is 2. The monoisotopic (exact) mass is 701 g/mol. The molecule has 2 aromatic carbocycles. The van der Waals surface area contributed by atoms with Gasteiger partial charge in [0.1, 0.15) is 11.2 Å². The highest BCUT2D eigenvalue weighted by molar-refractivity contribution is 9.10. The van der Waals surface area contributed by atoms with Gasteiger partial charge in [0.15, 0.2) is 11.4 Å². The number of rotatable bonds is 12. The molecule has 0 bridgehead atoms. The zero-order valence-corrected chi connectivity index (χ0v) is 27.3. The van der Waals surface area contributed by atoms with Crippen molar-refractivity contribution in [2.75, 3.05) is 37.5 Å². The van der Waals surface area contributed by atoms with Crippen LogP contribution in [0.5, 0.6) is 5.75 Å². The lowest BCUT2D eigenvalue weighted by molar-refractivity contribution is -0.122. The fourth-order valence-electron chi connectivity index (χ4n) is 4.11. The van der Waals surface area contributed by atoms with Gasteiger partial charge in [-0.2, -0.15) is 0 Å². The molecule has 4 rings (SSSR count). The van der Waals surface area contributed by atoms with Crippen molar-refractivity contribution in [2.45, 2.75) is 20.0 Å². The maximum atomic E-state index is 12.9. The summed E-state index contributed by atoms with van der Waals surface area (Å²) in [5.74, 6) is -0.450. The number of aromatic nitrogens is 2. The Labute approximate surface area is 273 Å². The number of carbonyl (C=O) groups is 3. The molecule has 0 saturated carbocycles. The van der Waals surface area contributed by atoms with E-state index in [1.54, 1.807) is 55.6 Å². The van der Waals surface area contributed by atoms with E-state index >= 15 is 0 Å². The molecule has 2 aromatic heterocycles. The van der Waals surface area contributed by atoms with E-state index in [4.69, 9.17) is 32.7 Å². The Bertz CT molecular complexity index is 1710. The lowest BCUT2D eigenvalue weighted by atomic mass is 10.2. The van der Waals surface area contributed by atoms with Crippen LogP contribution in [0.3, 0.4) is 0 Å². The third-order valence-corrected chi connectivity index (χ3v) is 8.29. The number of carbonyl (C=O) groups excluding carboxylic acids is 3. The Morgan fingerprint density at radius 1 is 1.11 bits per heavy atom. The molecule has 0 unspecified atom stereocenters. The number of aryl methyl sites for hydroxylation is 1. The van der Waals surface area contributed by atoms with Crippen LogP contribution < -0.4 is 20.3 Å². The summed E-state index contributed by atoms with van der Waals surface area (Å²) in [7, 11) is 3.09. The Morgan fingerprint density at radius 2 is 1.86 bits per heavy atom. The highest BCUT2D eigenvalue weighted by Gasteiger charge is 2.20. The second kappa shape index (κ2) is 15.2. The van der Waals surface area contributed by atoms with E-state index < -0.39 is 5.91 Å². The standard InChI is InChI=1S/C31H30BrCl2N5O5/c1-19-30(32)39-15-4-5-25(31(39)36-19)44-18-22-23(33)11-12-24(29(22)34)38(2)28(42)17-35-26(40)13-8-20-6-9-21(10-7-20)37-27(41)14-16-43-3/h4-13,15H,14,16-18H2,1-3H3,(H,35,40)(H,37,41). The number of nitrogens with one attached hydrogen (secondary N) is 2. The first-order valence-corrected chi connectivity index (χ1v) is 15.0. The minimum atomic E-state index is -0.449. The summed E-state index contributed by atoms with van der Waals surface area (Å²) in [5.41, 5.74) is 3.75. The lowest BCUT2D eigenvalue weighted by Crippen LogP contribution is -2.37. The Balaban J connectivity index is 1.33. The van der Waals surface area contributed by atoms with Gasteiger partial charge in [-0.1, -0.05) is 35.3 Å². The van der Waals surface area contributed by atoms with Crippen LogP contribution in [0.1, 0.15) is 23.2 Å². The first kappa shape index (κ1) is 33.0. The van der Waals surface area contributed by atoms with E-state index in [0.717, 1.165) is 15.9 Å². The van der Waals surface area contributed by atoms with Crippen LogP contribution in [-0.2, 0) is 25.7 Å². The minimum Gasteiger partial charge on any atom is -0.485 e. The number of hydrogen-bond donors (Lipinski definition) is 2. The number of nitrogens with zero attached hydrogens (tertiary/aromatic N) is 3. The molecule has 10 nitrogen and oxygen atoms in total. The highest BCUT2D eigenvalue weighted by atomic mass is 79.9. The van der Waals surface area contributed by atoms with Gasteiger partial charge < -0.3 is 25.0 Å². The molecule has 3 amide bonds. The normalized spacial score (nSPS) is 11.1. The van der Waals surface area contributed by atoms with Gasteiger partial charge in [-0.05, 0) is 70.9 Å². The second-order valence-corrected chi connectivity index (χ2v) is 11.2. The van der Waals surface area contributed by atoms with Gasteiger partial charge in [-0.25, -0.2) is 4.98 Å². The number of imidazole rings is 1. The van der Waals surface area contributed by atoms with Gasteiger partial charge in [-0.15, -0.1) is 0 Å². The SMILES string of the molecule is COCCC(=O)Nc1ccc(C=CC(=O)NCC(=O)N(C)c2ccc(Cl)c(COc3cccn4c(Br)c(C)nc34)c2Cl)cc1. The number of amides is 3. The summed E-state index contributed by atoms with van der Waals surface area (Å²) in [6.45, 7) is 2.01. The van der Waals surface area contributed by atoms with Gasteiger partial charge in [-0.3, -0.25) is 18.8 Å². The maximum absolute atomic E-state index is 12.9. The fraction of sp³-hybridized carbons (Fsp3) is 0.226. The van der Waals surface area contributed by atoms with Crippen LogP contribution in [0, 0.1) is 6.92 Å². The zero-order valence-electron chi connectivity index (χ0n) is 24.2. The summed E-state index contributed by atoms with van der Waals surface area (Å²) < 4.78 is 13.6. The molecule has 0 saturated heterocycles. The molecule has 0 radical (unpaired) electrons. The van der Waals surface area contributed by atoms with Crippen molar-refractivity contribution >= 4 is 80.0 Å². The third kappa shape index (κ3) is 8.17. The topological polar surface area (TPSA) is 114 Å². The molecule has 0 aliphatic heterocycles. The van der Waals surface area contributed by atoms with Crippen LogP contribution in [-0.4, -0.2) is 54.4 Å². The van der Waals surface area contributed by atoms with Crippen molar-refractivity contribution in [3.05, 3.63) is 92.3 Å². The van der Waals surface area contributed by atoms with Crippen molar-refractivity contribution in [3.8, 4) is 5.75 Å². The van der Waals surface area contributed by atoms with E-state index in [1.807, 2.05) is 23.6 Å². The van der Waals surface area contributed by atoms with Gasteiger partial charge in [0.25, 0.3) is 0 Å². The highest BCUT2D eigenvalue weighted by Crippen LogP contribution is 2.35. The van der Waals surface area contributed by atoms with Crippen LogP contribution >= 0.6 is 39.1 Å². The molecule has 0 atom stereocenters. The Kier molecular flexibility index (Phi) is 11.4. The molecule has 13 heteroatoms. The largest absolute Gasteiger partial charge is 0.485 e. The molecule has 2 N–H and O–H groups in total. The van der Waals surface area contributed by atoms with Gasteiger partial charge in [0.05, 0.1) is 36.0 Å². The molecule has 0 spiro atoms. The number of fused-ring (bicyclic) bond motifs is 1. The van der Waals surface area contributed by atoms with Crippen LogP contribution in [0.2, 0.25) is 10.0 Å². The summed E-state index contributed by atoms with van der Waals surface area (Å²) in [6.07, 6.45) is 5.05. The second-order valence-electron chi connectivity index (χ2n) is 9.62. The molecule has 230 valence electrons. The predicted octanol–water partition coefficient (Wildman–Crippen LogP) is 6.06. The summed E-state index contributed by atoms with van der Waals surface area (Å²) in [5, 5.41) is 5.99. The van der Waals surface area contributed by atoms with E-state index in [2.05, 4.69) is 31.5 Å². The van der Waals surface area contributed by atoms with Crippen molar-refractivity contribution < 1.29 is 23.9 Å². The molecule has 0 fully saturated rings. The predicted molar refractivity (Wildman–Crippen MR) is 175 cm³/mol. The summed E-state index contributed by atoms with van der Waals surface area (Å²) >= 11 is 16.7. The Morgan fingerprint density at radius 3 is 2.59 bits per heavy atom. The quantitative estimate of drug-likeness (QED) is 0.174. The van der Waals surface area contributed by atoms with Crippen LogP contribution in [0.4, 0.5) is 11.4 Å². The summed E-state index contributed by atoms with van der Waals surface area (Å²) in [6, 6.07) is 13.9. The number of halogens is 3. The van der Waals surface area contributed by atoms with Gasteiger partial charge in [0, 0.05) is 42.7 Å². The maximum Gasteiger partial charge on any atom is 0.246 e. The van der Waals surface area contributed by atoms with Gasteiger partial charge in [0.2, 0.25) is 17.7 Å². The Hall–Kier alpha value is -3.90. The first-order valence-electron chi connectivity index (χ1n) is 13.4. The van der Waals surface area contributed by atoms with Crippen molar-refractivity contribution in [3.63, 3.8) is 0 Å². The van der Waals surface area contributed by atoms with E-state index in [-0.39, 0.29) is 36.4 Å². The van der Waals surface area contributed by atoms with E-state index in [1.165, 1.54) is 18.1 Å². The number of pyridine rings is 1. The molecule has 44 heavy (non-hydrogen) atoms. The summed E-state index contributed by atoms with van der Waals surface area (Å²) in [4.78, 5) is 43.0. The number of hydrogen-bond acceptors (Lipinski definition) is 6. The number of likely N-dealkylation sites (N-methyl/N-ethyl adjacent to an activating group) is 1. The first-order chi connectivity index (χ1) is 21.1. The average molecular weight is 703 g/mol. The number of anilines is 2. The molecular formula is C31H30BrCl2N5O5. The van der Waals surface area contributed by atoms with Crippen molar-refractivity contribution in [1.29, 1.82) is 0 Å². The molecule has 2 heterocycles. The van der Waals surface area contributed by atoms with E-state index in [0.29, 0.717) is 40.0 Å². The minimum absolute atomic E-state index is 0.0411. The van der Waals surface area contributed by atoms with Gasteiger partial charge >= 0.3 is 0 Å². The number of methoxy groups -OCH3 is 1. The molecular weight excluding hydrogens is 673 g/mol.